The zero-order valence-electron chi connectivity index (χ0n) is 13.2. The molecule has 0 unspecified atom stereocenters. The molecule has 0 bridgehead atoms. The van der Waals surface area contributed by atoms with Crippen LogP contribution in [0.15, 0.2) is 24.5 Å². The summed E-state index contributed by atoms with van der Waals surface area (Å²) in [7, 11) is 0. The van der Waals surface area contributed by atoms with E-state index in [4.69, 9.17) is 16.7 Å². The van der Waals surface area contributed by atoms with Crippen molar-refractivity contribution in [2.45, 2.75) is 25.7 Å². The van der Waals surface area contributed by atoms with E-state index in [1.54, 1.807) is 0 Å². The Labute approximate surface area is 144 Å². The highest BCUT2D eigenvalue weighted by Gasteiger charge is 2.24. The van der Waals surface area contributed by atoms with E-state index in [0.717, 1.165) is 24.1 Å². The van der Waals surface area contributed by atoms with Crippen LogP contribution in [-0.2, 0) is 0 Å². The molecule has 2 N–H and O–H groups in total. The second kappa shape index (κ2) is 7.00. The van der Waals surface area contributed by atoms with Gasteiger partial charge in [-0.05, 0) is 60.5 Å². The molecule has 0 aliphatic carbocycles. The normalized spacial score (nSPS) is 15.3. The summed E-state index contributed by atoms with van der Waals surface area (Å²) in [6, 6.07) is 6.10. The van der Waals surface area contributed by atoms with Gasteiger partial charge in [-0.25, -0.2) is 14.8 Å². The summed E-state index contributed by atoms with van der Waals surface area (Å²) in [6.07, 6.45) is 2.22. The summed E-state index contributed by atoms with van der Waals surface area (Å²) in [5, 5.41) is 12.3. The van der Waals surface area contributed by atoms with Crippen LogP contribution in [-0.4, -0.2) is 44.1 Å². The number of amides is 1. The van der Waals surface area contributed by atoms with Crippen LogP contribution in [0.3, 0.4) is 0 Å². The summed E-state index contributed by atoms with van der Waals surface area (Å²) in [6.45, 7) is 3.23. The Kier molecular flexibility index (Phi) is 4.80. The average molecular weight is 348 g/mol. The molecule has 0 saturated carbocycles. The van der Waals surface area contributed by atoms with Gasteiger partial charge in [0.15, 0.2) is 0 Å². The van der Waals surface area contributed by atoms with Gasteiger partial charge in [0.1, 0.15) is 6.33 Å². The molecule has 3 rings (SSSR count). The van der Waals surface area contributed by atoms with Crippen LogP contribution < -0.4 is 5.32 Å². The predicted octanol–water partition coefficient (Wildman–Crippen LogP) is 3.43. The van der Waals surface area contributed by atoms with Crippen molar-refractivity contribution in [3.8, 4) is 0 Å². The lowest BCUT2D eigenvalue weighted by atomic mass is 9.87. The van der Waals surface area contributed by atoms with Crippen LogP contribution in [0.25, 0.3) is 0 Å². The number of hydrogen-bond acceptors (Lipinski definition) is 5. The van der Waals surface area contributed by atoms with Crippen molar-refractivity contribution in [2.24, 2.45) is 0 Å². The highest BCUT2D eigenvalue weighted by molar-refractivity contribution is 6.28. The predicted molar refractivity (Wildman–Crippen MR) is 90.9 cm³/mol. The summed E-state index contributed by atoms with van der Waals surface area (Å²) >= 11 is 5.76. The number of carbonyl (C=O) groups is 1. The molecule has 0 atom stereocenters. The first kappa shape index (κ1) is 16.4. The minimum atomic E-state index is -0.833. The van der Waals surface area contributed by atoms with Crippen molar-refractivity contribution >= 4 is 29.3 Å². The lowest BCUT2D eigenvalue weighted by molar-refractivity contribution is 0.132. The van der Waals surface area contributed by atoms with Crippen molar-refractivity contribution in [1.29, 1.82) is 0 Å². The molecule has 1 aromatic heterocycles. The molecule has 24 heavy (non-hydrogen) atoms. The first-order valence-corrected chi connectivity index (χ1v) is 8.10. The Bertz CT molecular complexity index is 747. The van der Waals surface area contributed by atoms with Gasteiger partial charge >= 0.3 is 6.09 Å². The molecule has 0 radical (unpaired) electrons. The standard InChI is InChI=1S/C16H18ClN5O2/c1-10-8-12(20-15-19-9-18-14(17)21-15)2-3-13(10)11-4-6-22(7-5-11)16(23)24/h2-3,8-9,11H,4-7H2,1H3,(H,23,24)(H,18,19,20,21). The van der Waals surface area contributed by atoms with Gasteiger partial charge in [0.2, 0.25) is 11.2 Å². The molecule has 7 nitrogen and oxygen atoms in total. The van der Waals surface area contributed by atoms with Crippen molar-refractivity contribution in [1.82, 2.24) is 19.9 Å². The Morgan fingerprint density at radius 3 is 2.71 bits per heavy atom. The van der Waals surface area contributed by atoms with Crippen LogP contribution >= 0.6 is 11.6 Å². The lowest BCUT2D eigenvalue weighted by Gasteiger charge is -2.31. The van der Waals surface area contributed by atoms with E-state index in [2.05, 4.69) is 33.3 Å². The lowest BCUT2D eigenvalue weighted by Crippen LogP contribution is -2.36. The van der Waals surface area contributed by atoms with Gasteiger partial charge in [0, 0.05) is 18.8 Å². The van der Waals surface area contributed by atoms with Crippen LogP contribution in [0.2, 0.25) is 5.28 Å². The summed E-state index contributed by atoms with van der Waals surface area (Å²) in [4.78, 5) is 24.3. The fourth-order valence-corrected chi connectivity index (χ4v) is 3.18. The molecule has 1 aromatic carbocycles. The van der Waals surface area contributed by atoms with E-state index in [9.17, 15) is 4.79 Å². The van der Waals surface area contributed by atoms with Crippen molar-refractivity contribution in [3.63, 3.8) is 0 Å². The number of hydrogen-bond donors (Lipinski definition) is 2. The molecule has 8 heteroatoms. The van der Waals surface area contributed by atoms with Crippen LogP contribution in [0, 0.1) is 6.92 Å². The number of nitrogens with one attached hydrogen (secondary N) is 1. The maximum absolute atomic E-state index is 11.0. The van der Waals surface area contributed by atoms with E-state index in [-0.39, 0.29) is 5.28 Å². The Balaban J connectivity index is 1.70. The largest absolute Gasteiger partial charge is 0.465 e. The van der Waals surface area contributed by atoms with Gasteiger partial charge in [-0.1, -0.05) is 6.07 Å². The number of benzene rings is 1. The summed E-state index contributed by atoms with van der Waals surface area (Å²) in [5.74, 6) is 0.790. The van der Waals surface area contributed by atoms with E-state index >= 15 is 0 Å². The first-order valence-electron chi connectivity index (χ1n) is 7.73. The van der Waals surface area contributed by atoms with Crippen molar-refractivity contribution < 1.29 is 9.90 Å². The minimum absolute atomic E-state index is 0.144. The fraction of sp³-hybridized carbons (Fsp3) is 0.375. The third-order valence-electron chi connectivity index (χ3n) is 4.27. The Morgan fingerprint density at radius 1 is 1.33 bits per heavy atom. The quantitative estimate of drug-likeness (QED) is 0.883. The van der Waals surface area contributed by atoms with Crippen LogP contribution in [0.1, 0.15) is 29.9 Å². The van der Waals surface area contributed by atoms with Gasteiger partial charge in [-0.15, -0.1) is 0 Å². The third-order valence-corrected chi connectivity index (χ3v) is 4.46. The second-order valence-corrected chi connectivity index (χ2v) is 6.16. The molecule has 1 fully saturated rings. The van der Waals surface area contributed by atoms with E-state index < -0.39 is 6.09 Å². The SMILES string of the molecule is Cc1cc(Nc2ncnc(Cl)n2)ccc1C1CCN(C(=O)O)CC1. The molecular formula is C16H18ClN5O2. The fourth-order valence-electron chi connectivity index (χ4n) is 3.06. The smallest absolute Gasteiger partial charge is 0.407 e. The molecule has 1 aliphatic heterocycles. The maximum Gasteiger partial charge on any atom is 0.407 e. The number of carboxylic acid groups (broad SMARTS) is 1. The van der Waals surface area contributed by atoms with Gasteiger partial charge in [0.05, 0.1) is 0 Å². The maximum atomic E-state index is 11.0. The summed E-state index contributed by atoms with van der Waals surface area (Å²) in [5.41, 5.74) is 3.30. The molecule has 0 spiro atoms. The number of aryl methyl sites for hydroxylation is 1. The molecule has 1 amide bonds. The van der Waals surface area contributed by atoms with Gasteiger partial charge in [-0.3, -0.25) is 0 Å². The van der Waals surface area contributed by atoms with Gasteiger partial charge < -0.3 is 15.3 Å². The first-order chi connectivity index (χ1) is 11.5. The van der Waals surface area contributed by atoms with E-state index in [0.29, 0.717) is 25.0 Å². The number of piperidine rings is 1. The number of rotatable bonds is 3. The van der Waals surface area contributed by atoms with Crippen LogP contribution in [0.5, 0.6) is 0 Å². The van der Waals surface area contributed by atoms with Crippen molar-refractivity contribution in [3.05, 3.63) is 40.9 Å². The number of nitrogens with zero attached hydrogens (tertiary/aromatic N) is 4. The second-order valence-electron chi connectivity index (χ2n) is 5.82. The number of likely N-dealkylation sites (tertiary alicyclic amines) is 1. The van der Waals surface area contributed by atoms with Crippen molar-refractivity contribution in [2.75, 3.05) is 18.4 Å². The van der Waals surface area contributed by atoms with Crippen LogP contribution in [0.4, 0.5) is 16.4 Å². The average Bonchev–Trinajstić information content (AvgIpc) is 2.55. The topological polar surface area (TPSA) is 91.2 Å². The van der Waals surface area contributed by atoms with E-state index in [1.807, 2.05) is 12.1 Å². The molecular weight excluding hydrogens is 330 g/mol. The monoisotopic (exact) mass is 347 g/mol. The molecule has 2 heterocycles. The third kappa shape index (κ3) is 3.73. The Hall–Kier alpha value is -2.41. The number of anilines is 2. The highest BCUT2D eigenvalue weighted by Crippen LogP contribution is 2.31. The van der Waals surface area contributed by atoms with Gasteiger partial charge in [0.25, 0.3) is 0 Å². The summed E-state index contributed by atoms with van der Waals surface area (Å²) < 4.78 is 0. The zero-order valence-corrected chi connectivity index (χ0v) is 14.0. The Morgan fingerprint density at radius 2 is 2.08 bits per heavy atom. The highest BCUT2D eigenvalue weighted by atomic mass is 35.5. The molecule has 126 valence electrons. The molecule has 2 aromatic rings. The number of halogens is 1. The number of aromatic nitrogens is 3. The minimum Gasteiger partial charge on any atom is -0.465 e. The molecule has 1 aliphatic rings. The van der Waals surface area contributed by atoms with E-state index in [1.165, 1.54) is 16.8 Å². The zero-order chi connectivity index (χ0) is 17.1. The molecule has 1 saturated heterocycles. The van der Waals surface area contributed by atoms with Gasteiger partial charge in [-0.2, -0.15) is 4.98 Å².